The van der Waals surface area contributed by atoms with Gasteiger partial charge in [0.1, 0.15) is 41.8 Å². The zero-order valence-corrected chi connectivity index (χ0v) is 67.3. The van der Waals surface area contributed by atoms with Crippen LogP contribution in [0.4, 0.5) is 20.2 Å². The molecule has 24 heteroatoms. The molecule has 0 saturated heterocycles. The number of halogens is 8. The molecule has 0 aliphatic carbocycles. The molecule has 0 saturated carbocycles. The summed E-state index contributed by atoms with van der Waals surface area (Å²) in [7, 11) is -0.768. The molecule has 10 aromatic carbocycles. The van der Waals surface area contributed by atoms with Crippen LogP contribution in [-0.2, 0) is 59.3 Å². The van der Waals surface area contributed by atoms with E-state index in [0.29, 0.717) is 79.4 Å². The van der Waals surface area contributed by atoms with Crippen LogP contribution in [0.25, 0.3) is 43.6 Å². The zero-order valence-electron chi connectivity index (χ0n) is 53.4. The Morgan fingerprint density at radius 1 is 0.485 bits per heavy atom. The topological polar surface area (TPSA) is 193 Å². The molecular formula is C75H67F2I6N4O11S-. The average Bonchev–Trinajstić information content (AvgIpc) is 1.64. The van der Waals surface area contributed by atoms with Crippen LogP contribution in [0.2, 0.25) is 0 Å². The molecule has 12 rings (SSSR count). The number of phenolic OH excluding ortho intramolecular Hbond substituents is 1. The monoisotopic (exact) mass is 2030 g/mol. The molecule has 0 bridgehead atoms. The van der Waals surface area contributed by atoms with Crippen LogP contribution in [-0.4, -0.2) is 91.9 Å². The number of aromatic hydroxyl groups is 1. The second-order valence-electron chi connectivity index (χ2n) is 21.7. The van der Waals surface area contributed by atoms with Gasteiger partial charge in [0.15, 0.2) is 11.6 Å². The van der Waals surface area contributed by atoms with Crippen molar-refractivity contribution in [3.63, 3.8) is 0 Å². The van der Waals surface area contributed by atoms with E-state index in [1.165, 1.54) is 107 Å². The van der Waals surface area contributed by atoms with Crippen molar-refractivity contribution in [2.75, 3.05) is 44.3 Å². The number of nitrogens with zero attached hydrogens (tertiary/aromatic N) is 2. The normalized spacial score (nSPS) is 11.4. The number of hydrogen-bond donors (Lipinski definition) is 3. The number of nitrogens with one attached hydrogen (secondary N) is 2. The minimum absolute atomic E-state index is 0. The minimum atomic E-state index is -3.40. The van der Waals surface area contributed by atoms with Crippen LogP contribution in [0.3, 0.4) is 0 Å². The number of anilines is 2. The maximum absolute atomic E-state index is 13.4. The van der Waals surface area contributed by atoms with Crippen molar-refractivity contribution >= 4 is 187 Å². The molecule has 2 heterocycles. The van der Waals surface area contributed by atoms with Crippen molar-refractivity contribution in [3.05, 3.63) is 288 Å². The van der Waals surface area contributed by atoms with Gasteiger partial charge in [0.2, 0.25) is 0 Å². The van der Waals surface area contributed by atoms with Gasteiger partial charge in [-0.05, 0) is 132 Å². The Morgan fingerprint density at radius 2 is 0.808 bits per heavy atom. The van der Waals surface area contributed by atoms with Crippen molar-refractivity contribution in [1.29, 1.82) is 0 Å². The number of rotatable bonds is 22. The number of methoxy groups -OCH3 is 2. The first kappa shape index (κ1) is 79.8. The van der Waals surface area contributed by atoms with Gasteiger partial charge in [-0.3, -0.25) is 13.8 Å². The van der Waals surface area contributed by atoms with E-state index in [-0.39, 0.29) is 47.9 Å². The van der Waals surface area contributed by atoms with Gasteiger partial charge in [0.05, 0.1) is 33.6 Å². The molecule has 12 aromatic rings. The third-order valence-corrected chi connectivity index (χ3v) is 16.1. The fraction of sp³-hybridized carbons (Fsp3) is 0.147. The van der Waals surface area contributed by atoms with Gasteiger partial charge >= 0.3 is 62.4 Å². The molecule has 99 heavy (non-hydrogen) atoms. The Balaban J connectivity index is 0.000000216. The third kappa shape index (κ3) is 22.5. The predicted molar refractivity (Wildman–Crippen MR) is 430 cm³/mol. The second-order valence-corrected chi connectivity index (χ2v) is 39.6. The summed E-state index contributed by atoms with van der Waals surface area (Å²) in [6.07, 6.45) is 1.69. The fourth-order valence-electron chi connectivity index (χ4n) is 11.0. The summed E-state index contributed by atoms with van der Waals surface area (Å²) in [5, 5.41) is 20.5. The van der Waals surface area contributed by atoms with E-state index in [0.717, 1.165) is 34.2 Å². The Kier molecular flexibility index (Phi) is 32.4. The summed E-state index contributed by atoms with van der Waals surface area (Å²) in [6, 6.07) is 70.0. The number of fused-ring (bicyclic) bond motifs is 6. The van der Waals surface area contributed by atoms with Crippen LogP contribution >= 0.6 is 98.4 Å². The standard InChI is InChI=1S/C37H31FN2O4.C23H20FNO4.C15H15NO3S.I3.I2.HI/c1-43-37(42)33(39-32-11-5-2-10-31(32)36(41)26-16-18-27(38)19-17-26)24-25-14-20-28(21-15-25)44-23-22-40-34-12-6-3-8-29(34)30-9-4-7-13-35(30)40;1-29-23(28)21(14-15-6-12-18(26)13-7-15)25-20-5-3-2-4-19(20)22(27)16-8-10-17(24)11-9-16;1-20(17,18)19-11-10-16-14-8-4-2-6-12(14)13-7-3-5-9-15(13)16;1-3-2;1-2;/h2-21,33,39H,22-24H2,1H3;2-13,21,25-26H,14H2,1H3;2-9H,10-11H2,1H3;;;1H/q;;;-1;;. The number of para-hydroxylation sites is 6. The summed E-state index contributed by atoms with van der Waals surface area (Å²) >= 11 is 9.54. The molecule has 2 aromatic heterocycles. The predicted octanol–water partition coefficient (Wildman–Crippen LogP) is 15.3. The number of ketones is 2. The first-order valence-corrected chi connectivity index (χ1v) is 50.9. The van der Waals surface area contributed by atoms with E-state index in [1.807, 2.05) is 60.7 Å². The molecule has 0 amide bonds. The summed E-state index contributed by atoms with van der Waals surface area (Å²) in [5.74, 6) is -1.49. The number of phenols is 1. The first-order valence-electron chi connectivity index (χ1n) is 30.2. The zero-order chi connectivity index (χ0) is 70.1. The number of esters is 2. The Hall–Kier alpha value is -6.57. The van der Waals surface area contributed by atoms with E-state index in [4.69, 9.17) is 18.4 Å². The molecule has 0 fully saturated rings. The van der Waals surface area contributed by atoms with Crippen LogP contribution in [0, 0.1) is 11.6 Å². The summed E-state index contributed by atoms with van der Waals surface area (Å²) in [4.78, 5) is 51.2. The number of carbonyl (C=O) groups is 4. The molecule has 0 spiro atoms. The maximum atomic E-state index is 13.4. The summed E-state index contributed by atoms with van der Waals surface area (Å²) in [5.41, 5.74) is 8.62. The third-order valence-electron chi connectivity index (χ3n) is 15.5. The van der Waals surface area contributed by atoms with E-state index in [2.05, 4.69) is 155 Å². The summed E-state index contributed by atoms with van der Waals surface area (Å²) < 4.78 is 74.0. The van der Waals surface area contributed by atoms with Crippen LogP contribution in [0.15, 0.2) is 243 Å². The molecule has 0 aliphatic heterocycles. The second kappa shape index (κ2) is 40.2. The van der Waals surface area contributed by atoms with Crippen molar-refractivity contribution < 1.29 is 73.1 Å². The number of benzene rings is 10. The molecule has 2 unspecified atom stereocenters. The van der Waals surface area contributed by atoms with E-state index < -0.39 is 45.8 Å². The molecule has 0 radical (unpaired) electrons. The van der Waals surface area contributed by atoms with Gasteiger partial charge in [0.25, 0.3) is 10.1 Å². The molecule has 2 atom stereocenters. The molecular weight excluding hydrogens is 1960 g/mol. The molecule has 15 nitrogen and oxygen atoms in total. The quantitative estimate of drug-likeness (QED) is 0.0251. The van der Waals surface area contributed by atoms with Crippen molar-refractivity contribution in [3.8, 4) is 11.5 Å². The van der Waals surface area contributed by atoms with Gasteiger partial charge < -0.3 is 39.1 Å². The van der Waals surface area contributed by atoms with Crippen LogP contribution in [0.5, 0.6) is 11.5 Å². The van der Waals surface area contributed by atoms with Crippen molar-refractivity contribution in [2.24, 2.45) is 0 Å². The number of ether oxygens (including phenoxy) is 3. The van der Waals surface area contributed by atoms with Gasteiger partial charge in [0, 0.05) is 134 Å². The van der Waals surface area contributed by atoms with Gasteiger partial charge in [-0.1, -0.05) is 121 Å². The Morgan fingerprint density at radius 3 is 1.16 bits per heavy atom. The van der Waals surface area contributed by atoms with E-state index >= 15 is 0 Å². The molecule has 3 N–H and O–H groups in total. The van der Waals surface area contributed by atoms with Crippen LogP contribution in [0.1, 0.15) is 43.0 Å². The molecule has 516 valence electrons. The van der Waals surface area contributed by atoms with Crippen molar-refractivity contribution in [1.82, 2.24) is 9.13 Å². The Bertz CT molecular complexity index is 4660. The molecule has 0 aliphatic rings. The fourth-order valence-corrected chi connectivity index (χ4v) is 11.4. The van der Waals surface area contributed by atoms with E-state index in [1.54, 1.807) is 60.7 Å². The summed E-state index contributed by atoms with van der Waals surface area (Å²) in [6.45, 7) is 1.83. The SMILES string of the molecule is COC(=O)C(Cc1ccc(O)cc1)Nc1ccccc1C(=O)c1ccc(F)cc1.COC(=O)C(Cc1ccc(OCCn2c3ccccc3c3ccccc32)cc1)Nc1ccccc1C(=O)c1ccc(F)cc1.CS(=O)(=O)OCCn1c2ccccc2c2ccccc21.I.II.I[I-]I. The van der Waals surface area contributed by atoms with Gasteiger partial charge in [-0.15, -0.1) is 24.0 Å². The Labute approximate surface area is 643 Å². The van der Waals surface area contributed by atoms with Crippen molar-refractivity contribution in [2.45, 2.75) is 38.0 Å². The number of aromatic nitrogens is 2. The number of hydrogen-bond acceptors (Lipinski definition) is 13. The van der Waals surface area contributed by atoms with Gasteiger partial charge in [-0.25, -0.2) is 18.4 Å². The number of carbonyl (C=O) groups excluding carboxylic acids is 4. The first-order chi connectivity index (χ1) is 47.5. The average molecular weight is 2030 g/mol. The van der Waals surface area contributed by atoms with Gasteiger partial charge in [-0.2, -0.15) is 8.42 Å². The van der Waals surface area contributed by atoms with E-state index in [9.17, 15) is 41.5 Å². The van der Waals surface area contributed by atoms with Crippen LogP contribution < -0.4 is 28.6 Å².